The number of hydrogen-bond acceptors (Lipinski definition) is 1. The van der Waals surface area contributed by atoms with Crippen LogP contribution < -0.4 is 0 Å². The maximum atomic E-state index is 10.3. The summed E-state index contributed by atoms with van der Waals surface area (Å²) in [5, 5.41) is 8.48. The lowest BCUT2D eigenvalue weighted by atomic mass is 10.1. The van der Waals surface area contributed by atoms with E-state index >= 15 is 0 Å². The van der Waals surface area contributed by atoms with Crippen LogP contribution >= 0.6 is 0 Å². The lowest BCUT2D eigenvalue weighted by molar-refractivity contribution is -0.136. The summed E-state index contributed by atoms with van der Waals surface area (Å²) in [6.45, 7) is 2.16. The molecule has 0 amide bonds. The molecule has 0 bridgehead atoms. The van der Waals surface area contributed by atoms with Gasteiger partial charge in [0.25, 0.3) is 0 Å². The summed E-state index contributed by atoms with van der Waals surface area (Å²) in [6.07, 6.45) is 26.5. The predicted molar refractivity (Wildman–Crippen MR) is 96.1 cm³/mol. The molecule has 0 atom stereocenters. The summed E-state index contributed by atoms with van der Waals surface area (Å²) < 4.78 is 0. The third kappa shape index (κ3) is 18.7. The van der Waals surface area contributed by atoms with Crippen LogP contribution in [0.15, 0.2) is 36.5 Å². The molecule has 0 fully saturated rings. The molecule has 2 nitrogen and oxygen atoms in total. The number of carboxylic acids is 1. The highest BCUT2D eigenvalue weighted by Gasteiger charge is 1.92. The topological polar surface area (TPSA) is 37.3 Å². The van der Waals surface area contributed by atoms with Crippen molar-refractivity contribution < 1.29 is 9.90 Å². The van der Waals surface area contributed by atoms with Crippen molar-refractivity contribution in [1.82, 2.24) is 0 Å². The number of allylic oxidation sites excluding steroid dienone is 5. The summed E-state index contributed by atoms with van der Waals surface area (Å²) in [4.78, 5) is 10.3. The molecule has 0 aromatic rings. The molecule has 0 aliphatic rings. The van der Waals surface area contributed by atoms with Crippen LogP contribution in [-0.4, -0.2) is 11.1 Å². The van der Waals surface area contributed by atoms with Crippen LogP contribution in [0.5, 0.6) is 0 Å². The van der Waals surface area contributed by atoms with E-state index in [2.05, 4.69) is 31.2 Å². The minimum absolute atomic E-state index is 0.156. The molecular formula is C20H34O2. The number of carboxylic acid groups (broad SMARTS) is 1. The second-order valence-corrected chi connectivity index (χ2v) is 5.71. The van der Waals surface area contributed by atoms with Crippen LogP contribution in [0, 0.1) is 0 Å². The molecule has 1 N–H and O–H groups in total. The van der Waals surface area contributed by atoms with E-state index in [1.54, 1.807) is 6.08 Å². The maximum absolute atomic E-state index is 10.3. The highest BCUT2D eigenvalue weighted by Crippen LogP contribution is 2.10. The molecule has 0 saturated carbocycles. The average molecular weight is 306 g/mol. The standard InChI is InChI=1S/C20H34O2/c1-2-3-4-5-6-7-8-9-10-11-12-13-14-15-16-17-18-19-20(21)22/h3-4,6-7,17-18H,2,5,8-16,19H2,1H3,(H,21,22)/b4-3+,7-6+,18-17+. The van der Waals surface area contributed by atoms with Gasteiger partial charge in [-0.1, -0.05) is 75.5 Å². The van der Waals surface area contributed by atoms with Gasteiger partial charge in [0.15, 0.2) is 0 Å². The molecule has 2 heteroatoms. The molecule has 22 heavy (non-hydrogen) atoms. The smallest absolute Gasteiger partial charge is 0.307 e. The zero-order chi connectivity index (χ0) is 16.3. The molecule has 0 spiro atoms. The van der Waals surface area contributed by atoms with Gasteiger partial charge in [0.1, 0.15) is 0 Å². The first-order valence-corrected chi connectivity index (χ1v) is 8.94. The number of rotatable bonds is 15. The van der Waals surface area contributed by atoms with Gasteiger partial charge in [0.05, 0.1) is 6.42 Å². The Hall–Kier alpha value is -1.31. The molecule has 0 saturated heterocycles. The molecule has 0 aromatic carbocycles. The maximum Gasteiger partial charge on any atom is 0.307 e. The van der Waals surface area contributed by atoms with E-state index in [1.807, 2.05) is 6.08 Å². The summed E-state index contributed by atoms with van der Waals surface area (Å²) in [6, 6.07) is 0. The van der Waals surface area contributed by atoms with Crippen molar-refractivity contribution in [3.63, 3.8) is 0 Å². The highest BCUT2D eigenvalue weighted by molar-refractivity contribution is 5.68. The Bertz CT molecular complexity index is 327. The van der Waals surface area contributed by atoms with E-state index in [1.165, 1.54) is 51.4 Å². The van der Waals surface area contributed by atoms with Crippen LogP contribution in [0.25, 0.3) is 0 Å². The predicted octanol–water partition coefficient (Wildman–Crippen LogP) is 6.44. The zero-order valence-electron chi connectivity index (χ0n) is 14.3. The normalized spacial score (nSPS) is 12.0. The van der Waals surface area contributed by atoms with Crippen LogP contribution in [-0.2, 0) is 4.79 Å². The van der Waals surface area contributed by atoms with Crippen molar-refractivity contribution >= 4 is 5.97 Å². The number of hydrogen-bond donors (Lipinski definition) is 1. The molecule has 0 unspecified atom stereocenters. The number of unbranched alkanes of at least 4 members (excludes halogenated alkanes) is 8. The third-order valence-electron chi connectivity index (χ3n) is 3.54. The van der Waals surface area contributed by atoms with E-state index in [-0.39, 0.29) is 6.42 Å². The van der Waals surface area contributed by atoms with Crippen molar-refractivity contribution in [2.75, 3.05) is 0 Å². The number of aliphatic carboxylic acids is 1. The van der Waals surface area contributed by atoms with Crippen molar-refractivity contribution in [3.05, 3.63) is 36.5 Å². The molecule has 0 radical (unpaired) electrons. The fourth-order valence-electron chi connectivity index (χ4n) is 2.27. The SMILES string of the molecule is CC/C=C/C/C=C/CCCCCCCCC/C=C/CC(=O)O. The van der Waals surface area contributed by atoms with E-state index in [4.69, 9.17) is 5.11 Å². The molecule has 0 heterocycles. The lowest BCUT2D eigenvalue weighted by Gasteiger charge is -2.00. The van der Waals surface area contributed by atoms with Gasteiger partial charge in [0, 0.05) is 0 Å². The quantitative estimate of drug-likeness (QED) is 0.279. The van der Waals surface area contributed by atoms with Crippen molar-refractivity contribution in [3.8, 4) is 0 Å². The fraction of sp³-hybridized carbons (Fsp3) is 0.650. The largest absolute Gasteiger partial charge is 0.481 e. The Balaban J connectivity index is 3.16. The fourth-order valence-corrected chi connectivity index (χ4v) is 2.27. The molecule has 0 aromatic heterocycles. The highest BCUT2D eigenvalue weighted by atomic mass is 16.4. The van der Waals surface area contributed by atoms with Gasteiger partial charge in [-0.2, -0.15) is 0 Å². The van der Waals surface area contributed by atoms with Crippen LogP contribution in [0.1, 0.15) is 84.0 Å². The van der Waals surface area contributed by atoms with Crippen LogP contribution in [0.2, 0.25) is 0 Å². The van der Waals surface area contributed by atoms with E-state index < -0.39 is 5.97 Å². The minimum Gasteiger partial charge on any atom is -0.481 e. The molecule has 126 valence electrons. The Labute approximate surface area is 137 Å². The van der Waals surface area contributed by atoms with Crippen molar-refractivity contribution in [1.29, 1.82) is 0 Å². The molecular weight excluding hydrogens is 272 g/mol. The first kappa shape index (κ1) is 20.7. The Morgan fingerprint density at radius 2 is 1.23 bits per heavy atom. The molecule has 0 rings (SSSR count). The summed E-state index contributed by atoms with van der Waals surface area (Å²) in [5.74, 6) is -0.747. The first-order chi connectivity index (χ1) is 10.8. The van der Waals surface area contributed by atoms with Gasteiger partial charge >= 0.3 is 5.97 Å². The van der Waals surface area contributed by atoms with Gasteiger partial charge in [-0.3, -0.25) is 4.79 Å². The van der Waals surface area contributed by atoms with Crippen molar-refractivity contribution in [2.45, 2.75) is 84.0 Å². The van der Waals surface area contributed by atoms with E-state index in [9.17, 15) is 4.79 Å². The lowest BCUT2D eigenvalue weighted by Crippen LogP contribution is -1.89. The van der Waals surface area contributed by atoms with Gasteiger partial charge in [-0.25, -0.2) is 0 Å². The molecule has 0 aliphatic heterocycles. The van der Waals surface area contributed by atoms with Crippen molar-refractivity contribution in [2.24, 2.45) is 0 Å². The summed E-state index contributed by atoms with van der Waals surface area (Å²) in [5.41, 5.74) is 0. The summed E-state index contributed by atoms with van der Waals surface area (Å²) >= 11 is 0. The monoisotopic (exact) mass is 306 g/mol. The van der Waals surface area contributed by atoms with Crippen LogP contribution in [0.4, 0.5) is 0 Å². The second kappa shape index (κ2) is 17.7. The van der Waals surface area contributed by atoms with Gasteiger partial charge in [-0.05, 0) is 38.5 Å². The van der Waals surface area contributed by atoms with Gasteiger partial charge in [0.2, 0.25) is 0 Å². The van der Waals surface area contributed by atoms with Gasteiger partial charge < -0.3 is 5.11 Å². The second-order valence-electron chi connectivity index (χ2n) is 5.71. The Kier molecular flexibility index (Phi) is 16.7. The Morgan fingerprint density at radius 3 is 1.77 bits per heavy atom. The minimum atomic E-state index is -0.747. The first-order valence-electron chi connectivity index (χ1n) is 8.94. The van der Waals surface area contributed by atoms with E-state index in [0.717, 1.165) is 19.3 Å². The number of carbonyl (C=O) groups is 1. The van der Waals surface area contributed by atoms with E-state index in [0.29, 0.717) is 0 Å². The van der Waals surface area contributed by atoms with Gasteiger partial charge in [-0.15, -0.1) is 0 Å². The molecule has 0 aliphatic carbocycles. The average Bonchev–Trinajstić information content (AvgIpc) is 2.50. The Morgan fingerprint density at radius 1 is 0.727 bits per heavy atom. The third-order valence-corrected chi connectivity index (χ3v) is 3.54. The summed E-state index contributed by atoms with van der Waals surface area (Å²) in [7, 11) is 0. The zero-order valence-corrected chi connectivity index (χ0v) is 14.3. The van der Waals surface area contributed by atoms with Crippen LogP contribution in [0.3, 0.4) is 0 Å².